The third-order valence-electron chi connectivity index (χ3n) is 2.65. The Hall–Kier alpha value is -1.75. The van der Waals surface area contributed by atoms with Crippen molar-refractivity contribution in [3.63, 3.8) is 0 Å². The Kier molecular flexibility index (Phi) is 6.31. The van der Waals surface area contributed by atoms with E-state index in [0.29, 0.717) is 22.8 Å². The van der Waals surface area contributed by atoms with Crippen LogP contribution in [-0.4, -0.2) is 36.5 Å². The molecule has 1 rings (SSSR count). The lowest BCUT2D eigenvalue weighted by Crippen LogP contribution is -2.37. The molecule has 6 heteroatoms. The van der Waals surface area contributed by atoms with Crippen molar-refractivity contribution in [2.75, 3.05) is 25.4 Å². The third-order valence-corrected chi connectivity index (χ3v) is 2.89. The molecule has 0 aliphatic rings. The second kappa shape index (κ2) is 7.75. The zero-order valence-corrected chi connectivity index (χ0v) is 12.4. The number of anilines is 1. The van der Waals surface area contributed by atoms with Crippen molar-refractivity contribution in [3.05, 3.63) is 28.8 Å². The van der Waals surface area contributed by atoms with Gasteiger partial charge in [-0.15, -0.1) is 0 Å². The van der Waals surface area contributed by atoms with Gasteiger partial charge in [-0.3, -0.25) is 9.59 Å². The largest absolute Gasteiger partial charge is 0.465 e. The number of amides is 1. The molecule has 0 saturated carbocycles. The molecule has 0 fully saturated rings. The summed E-state index contributed by atoms with van der Waals surface area (Å²) >= 11 is 5.81. The van der Waals surface area contributed by atoms with Gasteiger partial charge in [-0.2, -0.15) is 0 Å². The number of halogens is 1. The van der Waals surface area contributed by atoms with Crippen LogP contribution in [0.3, 0.4) is 0 Å². The van der Waals surface area contributed by atoms with Crippen molar-refractivity contribution >= 4 is 29.2 Å². The first-order chi connectivity index (χ1) is 9.49. The molecule has 20 heavy (non-hydrogen) atoms. The molecule has 0 heterocycles. The fraction of sp³-hybridized carbons (Fsp3) is 0.429. The summed E-state index contributed by atoms with van der Waals surface area (Å²) in [5.74, 6) is -0.726. The van der Waals surface area contributed by atoms with Crippen molar-refractivity contribution in [2.24, 2.45) is 0 Å². The summed E-state index contributed by atoms with van der Waals surface area (Å²) in [6, 6.07) is 4.68. The van der Waals surface area contributed by atoms with Crippen molar-refractivity contribution < 1.29 is 14.3 Å². The number of nitrogen functional groups attached to an aromatic ring is 1. The number of ether oxygens (including phenoxy) is 1. The Labute approximate surface area is 123 Å². The Morgan fingerprint density at radius 3 is 2.60 bits per heavy atom. The predicted octanol–water partition coefficient (Wildman–Crippen LogP) is 2.34. The molecule has 0 bridgehead atoms. The molecule has 0 radical (unpaired) electrons. The van der Waals surface area contributed by atoms with E-state index in [1.807, 2.05) is 6.92 Å². The van der Waals surface area contributed by atoms with Gasteiger partial charge in [-0.25, -0.2) is 0 Å². The maximum absolute atomic E-state index is 12.4. The van der Waals surface area contributed by atoms with Gasteiger partial charge in [-0.05, 0) is 31.5 Å². The highest BCUT2D eigenvalue weighted by molar-refractivity contribution is 6.31. The second-order valence-corrected chi connectivity index (χ2v) is 4.70. The number of carbonyl (C=O) groups is 2. The predicted molar refractivity (Wildman–Crippen MR) is 78.7 cm³/mol. The van der Waals surface area contributed by atoms with Crippen molar-refractivity contribution in [1.82, 2.24) is 4.90 Å². The van der Waals surface area contributed by atoms with Crippen LogP contribution in [0, 0.1) is 0 Å². The van der Waals surface area contributed by atoms with Crippen LogP contribution >= 0.6 is 11.6 Å². The molecule has 1 aromatic carbocycles. The quantitative estimate of drug-likeness (QED) is 0.646. The van der Waals surface area contributed by atoms with E-state index in [1.54, 1.807) is 19.1 Å². The van der Waals surface area contributed by atoms with Gasteiger partial charge >= 0.3 is 5.97 Å². The van der Waals surface area contributed by atoms with Gasteiger partial charge in [-0.1, -0.05) is 18.5 Å². The molecule has 0 atom stereocenters. The summed E-state index contributed by atoms with van der Waals surface area (Å²) in [5.41, 5.74) is 6.44. The normalized spacial score (nSPS) is 10.2. The first kappa shape index (κ1) is 16.3. The standard InChI is InChI=1S/C14H19ClN2O3/c1-3-7-17(9-13(18)20-4-2)14(19)11-6-5-10(15)8-12(11)16/h5-6,8H,3-4,7,9,16H2,1-2H3. The Bertz CT molecular complexity index is 491. The minimum Gasteiger partial charge on any atom is -0.465 e. The SMILES string of the molecule is CCCN(CC(=O)OCC)C(=O)c1ccc(Cl)cc1N. The van der Waals surface area contributed by atoms with Gasteiger partial charge in [0.2, 0.25) is 0 Å². The van der Waals surface area contributed by atoms with E-state index < -0.39 is 5.97 Å². The molecule has 2 N–H and O–H groups in total. The Morgan fingerprint density at radius 2 is 2.05 bits per heavy atom. The monoisotopic (exact) mass is 298 g/mol. The minimum absolute atomic E-state index is 0.0808. The maximum atomic E-state index is 12.4. The van der Waals surface area contributed by atoms with E-state index in [9.17, 15) is 9.59 Å². The van der Waals surface area contributed by atoms with Crippen LogP contribution in [0.5, 0.6) is 0 Å². The zero-order chi connectivity index (χ0) is 15.1. The van der Waals surface area contributed by atoms with Crippen LogP contribution in [0.1, 0.15) is 30.6 Å². The molecular formula is C14H19ClN2O3. The van der Waals surface area contributed by atoms with Gasteiger partial charge in [0.1, 0.15) is 6.54 Å². The first-order valence-electron chi connectivity index (χ1n) is 6.49. The van der Waals surface area contributed by atoms with E-state index in [0.717, 1.165) is 6.42 Å². The molecule has 0 aliphatic carbocycles. The first-order valence-corrected chi connectivity index (χ1v) is 6.87. The summed E-state index contributed by atoms with van der Waals surface area (Å²) in [6.45, 7) is 4.32. The van der Waals surface area contributed by atoms with E-state index >= 15 is 0 Å². The van der Waals surface area contributed by atoms with Crippen LogP contribution < -0.4 is 5.73 Å². The fourth-order valence-electron chi connectivity index (χ4n) is 1.78. The lowest BCUT2D eigenvalue weighted by Gasteiger charge is -2.21. The average Bonchev–Trinajstić information content (AvgIpc) is 2.38. The zero-order valence-electron chi connectivity index (χ0n) is 11.7. The van der Waals surface area contributed by atoms with Gasteiger partial charge in [0.25, 0.3) is 5.91 Å². The molecule has 1 amide bonds. The number of hydrogen-bond acceptors (Lipinski definition) is 4. The van der Waals surface area contributed by atoms with Crippen molar-refractivity contribution in [2.45, 2.75) is 20.3 Å². The van der Waals surface area contributed by atoms with Gasteiger partial charge in [0, 0.05) is 17.3 Å². The van der Waals surface area contributed by atoms with Crippen LogP contribution in [-0.2, 0) is 9.53 Å². The summed E-state index contributed by atoms with van der Waals surface area (Å²) in [6.07, 6.45) is 0.735. The molecule has 0 aromatic heterocycles. The molecular weight excluding hydrogens is 280 g/mol. The number of rotatable bonds is 6. The highest BCUT2D eigenvalue weighted by atomic mass is 35.5. The van der Waals surface area contributed by atoms with Gasteiger partial charge in [0.05, 0.1) is 12.2 Å². The van der Waals surface area contributed by atoms with Crippen molar-refractivity contribution in [1.29, 1.82) is 0 Å². The van der Waals surface area contributed by atoms with Crippen LogP contribution in [0.25, 0.3) is 0 Å². The summed E-state index contributed by atoms with van der Waals surface area (Å²) in [5, 5.41) is 0.464. The average molecular weight is 299 g/mol. The molecule has 0 saturated heterocycles. The van der Waals surface area contributed by atoms with E-state index in [4.69, 9.17) is 22.1 Å². The van der Waals surface area contributed by atoms with Crippen LogP contribution in [0.4, 0.5) is 5.69 Å². The van der Waals surface area contributed by atoms with Gasteiger partial charge in [0.15, 0.2) is 0 Å². The summed E-state index contributed by atoms with van der Waals surface area (Å²) in [7, 11) is 0. The number of nitrogens with zero attached hydrogens (tertiary/aromatic N) is 1. The number of benzene rings is 1. The lowest BCUT2D eigenvalue weighted by molar-refractivity contribution is -0.143. The molecule has 5 nitrogen and oxygen atoms in total. The second-order valence-electron chi connectivity index (χ2n) is 4.26. The van der Waals surface area contributed by atoms with E-state index in [-0.39, 0.29) is 19.1 Å². The smallest absolute Gasteiger partial charge is 0.325 e. The maximum Gasteiger partial charge on any atom is 0.325 e. The highest BCUT2D eigenvalue weighted by Gasteiger charge is 2.20. The summed E-state index contributed by atoms with van der Waals surface area (Å²) in [4.78, 5) is 25.4. The number of nitrogens with two attached hydrogens (primary N) is 1. The molecule has 110 valence electrons. The van der Waals surface area contributed by atoms with Crippen molar-refractivity contribution in [3.8, 4) is 0 Å². The topological polar surface area (TPSA) is 72.6 Å². The molecule has 0 spiro atoms. The number of esters is 1. The summed E-state index contributed by atoms with van der Waals surface area (Å²) < 4.78 is 4.87. The Morgan fingerprint density at radius 1 is 1.35 bits per heavy atom. The Balaban J connectivity index is 2.90. The van der Waals surface area contributed by atoms with Crippen LogP contribution in [0.2, 0.25) is 5.02 Å². The van der Waals surface area contributed by atoms with E-state index in [2.05, 4.69) is 0 Å². The third kappa shape index (κ3) is 4.42. The number of hydrogen-bond donors (Lipinski definition) is 1. The molecule has 0 aliphatic heterocycles. The van der Waals surface area contributed by atoms with Gasteiger partial charge < -0.3 is 15.4 Å². The van der Waals surface area contributed by atoms with Crippen LogP contribution in [0.15, 0.2) is 18.2 Å². The highest BCUT2D eigenvalue weighted by Crippen LogP contribution is 2.19. The van der Waals surface area contributed by atoms with E-state index in [1.165, 1.54) is 11.0 Å². The fourth-order valence-corrected chi connectivity index (χ4v) is 1.96. The lowest BCUT2D eigenvalue weighted by atomic mass is 10.1. The molecule has 1 aromatic rings. The molecule has 0 unspecified atom stereocenters. The minimum atomic E-state index is -0.429. The number of carbonyl (C=O) groups excluding carboxylic acids is 2.